The second-order valence-corrected chi connectivity index (χ2v) is 2.89. The van der Waals surface area contributed by atoms with E-state index < -0.39 is 0 Å². The van der Waals surface area contributed by atoms with Crippen molar-refractivity contribution in [3.8, 4) is 0 Å². The number of nitrogens with one attached hydrogen (secondary N) is 1. The van der Waals surface area contributed by atoms with Gasteiger partial charge in [-0.2, -0.15) is 0 Å². The maximum atomic E-state index is 5.69. The second-order valence-electron chi connectivity index (χ2n) is 2.89. The molecule has 1 aromatic heterocycles. The highest BCUT2D eigenvalue weighted by molar-refractivity contribution is 5.42. The van der Waals surface area contributed by atoms with Crippen molar-refractivity contribution in [3.05, 3.63) is 18.1 Å². The number of hydrogen-bond donors (Lipinski definition) is 2. The highest BCUT2D eigenvalue weighted by Gasteiger charge is 2.20. The van der Waals surface area contributed by atoms with Crippen molar-refractivity contribution in [2.45, 2.75) is 18.9 Å². The van der Waals surface area contributed by atoms with Crippen LogP contribution in [0.15, 0.2) is 16.7 Å². The van der Waals surface area contributed by atoms with Crippen LogP contribution in [-0.2, 0) is 0 Å². The van der Waals surface area contributed by atoms with Gasteiger partial charge in [0, 0.05) is 0 Å². The third-order valence-electron chi connectivity index (χ3n) is 2.10. The van der Waals surface area contributed by atoms with Crippen LogP contribution in [0.4, 0.5) is 5.69 Å². The summed E-state index contributed by atoms with van der Waals surface area (Å²) >= 11 is 0. The Morgan fingerprint density at radius 1 is 1.64 bits per heavy atom. The SMILES string of the molecule is Nc1ccoc1[C@H]1CCCN1. The molecule has 0 aliphatic carbocycles. The monoisotopic (exact) mass is 152 g/mol. The Morgan fingerprint density at radius 3 is 3.09 bits per heavy atom. The summed E-state index contributed by atoms with van der Waals surface area (Å²) in [6, 6.07) is 2.15. The van der Waals surface area contributed by atoms with E-state index >= 15 is 0 Å². The predicted molar refractivity (Wildman–Crippen MR) is 43.1 cm³/mol. The number of furan rings is 1. The minimum Gasteiger partial charge on any atom is -0.465 e. The molecule has 1 fully saturated rings. The fraction of sp³-hybridized carbons (Fsp3) is 0.500. The van der Waals surface area contributed by atoms with E-state index in [1.54, 1.807) is 12.3 Å². The maximum absolute atomic E-state index is 5.69. The lowest BCUT2D eigenvalue weighted by Gasteiger charge is -2.06. The fourth-order valence-corrected chi connectivity index (χ4v) is 1.52. The Balaban J connectivity index is 2.21. The van der Waals surface area contributed by atoms with E-state index in [1.165, 1.54) is 6.42 Å². The van der Waals surface area contributed by atoms with Crippen molar-refractivity contribution >= 4 is 5.69 Å². The van der Waals surface area contributed by atoms with Crippen LogP contribution in [-0.4, -0.2) is 6.54 Å². The molecule has 11 heavy (non-hydrogen) atoms. The predicted octanol–water partition coefficient (Wildman–Crippen LogP) is 1.29. The zero-order valence-electron chi connectivity index (χ0n) is 6.34. The highest BCUT2D eigenvalue weighted by Crippen LogP contribution is 2.27. The molecule has 0 saturated carbocycles. The van der Waals surface area contributed by atoms with Crippen molar-refractivity contribution in [3.63, 3.8) is 0 Å². The number of nitrogens with two attached hydrogens (primary N) is 1. The van der Waals surface area contributed by atoms with Gasteiger partial charge >= 0.3 is 0 Å². The van der Waals surface area contributed by atoms with Gasteiger partial charge in [-0.05, 0) is 25.5 Å². The molecule has 0 radical (unpaired) electrons. The number of rotatable bonds is 1. The number of anilines is 1. The lowest BCUT2D eigenvalue weighted by Crippen LogP contribution is -2.13. The first-order chi connectivity index (χ1) is 5.38. The normalized spacial score (nSPS) is 24.2. The fourth-order valence-electron chi connectivity index (χ4n) is 1.52. The van der Waals surface area contributed by atoms with Crippen LogP contribution < -0.4 is 11.1 Å². The topological polar surface area (TPSA) is 51.2 Å². The van der Waals surface area contributed by atoms with E-state index in [1.807, 2.05) is 0 Å². The molecule has 1 atom stereocenters. The molecule has 0 spiro atoms. The molecule has 1 aromatic rings. The van der Waals surface area contributed by atoms with Crippen LogP contribution in [0.3, 0.4) is 0 Å². The minimum absolute atomic E-state index is 0.352. The van der Waals surface area contributed by atoms with Crippen molar-refractivity contribution in [1.29, 1.82) is 0 Å². The lowest BCUT2D eigenvalue weighted by molar-refractivity contribution is 0.448. The van der Waals surface area contributed by atoms with Gasteiger partial charge < -0.3 is 15.5 Å². The van der Waals surface area contributed by atoms with Crippen LogP contribution in [0.1, 0.15) is 24.6 Å². The molecule has 2 heterocycles. The van der Waals surface area contributed by atoms with Crippen molar-refractivity contribution in [2.75, 3.05) is 12.3 Å². The lowest BCUT2D eigenvalue weighted by atomic mass is 10.1. The smallest absolute Gasteiger partial charge is 0.143 e. The van der Waals surface area contributed by atoms with E-state index in [4.69, 9.17) is 10.2 Å². The van der Waals surface area contributed by atoms with Crippen LogP contribution in [0.2, 0.25) is 0 Å². The number of nitrogen functional groups attached to an aromatic ring is 1. The third kappa shape index (κ3) is 1.12. The van der Waals surface area contributed by atoms with Gasteiger partial charge in [0.2, 0.25) is 0 Å². The molecular weight excluding hydrogens is 140 g/mol. The molecule has 3 heteroatoms. The van der Waals surface area contributed by atoms with Crippen molar-refractivity contribution in [2.24, 2.45) is 0 Å². The first-order valence-corrected chi connectivity index (χ1v) is 3.94. The van der Waals surface area contributed by atoms with Gasteiger partial charge in [-0.15, -0.1) is 0 Å². The van der Waals surface area contributed by atoms with Gasteiger partial charge in [-0.1, -0.05) is 0 Å². The average molecular weight is 152 g/mol. The first-order valence-electron chi connectivity index (χ1n) is 3.94. The molecule has 3 N–H and O–H groups in total. The molecule has 3 nitrogen and oxygen atoms in total. The summed E-state index contributed by atoms with van der Waals surface area (Å²) in [5.74, 6) is 0.905. The van der Waals surface area contributed by atoms with Gasteiger partial charge in [0.25, 0.3) is 0 Å². The van der Waals surface area contributed by atoms with Gasteiger partial charge in [0.05, 0.1) is 18.0 Å². The summed E-state index contributed by atoms with van der Waals surface area (Å²) in [4.78, 5) is 0. The summed E-state index contributed by atoms with van der Waals surface area (Å²) in [7, 11) is 0. The maximum Gasteiger partial charge on any atom is 0.143 e. The Kier molecular flexibility index (Phi) is 1.58. The Morgan fingerprint density at radius 2 is 2.55 bits per heavy atom. The van der Waals surface area contributed by atoms with Gasteiger partial charge in [-0.25, -0.2) is 0 Å². The largest absolute Gasteiger partial charge is 0.465 e. The Labute approximate surface area is 65.6 Å². The van der Waals surface area contributed by atoms with E-state index in [2.05, 4.69) is 5.32 Å². The molecular formula is C8H12N2O. The van der Waals surface area contributed by atoms with Gasteiger partial charge in [0.1, 0.15) is 5.76 Å². The third-order valence-corrected chi connectivity index (χ3v) is 2.10. The van der Waals surface area contributed by atoms with E-state index in [0.717, 1.165) is 24.4 Å². The van der Waals surface area contributed by atoms with Crippen molar-refractivity contribution < 1.29 is 4.42 Å². The van der Waals surface area contributed by atoms with E-state index in [-0.39, 0.29) is 0 Å². The molecule has 1 saturated heterocycles. The zero-order valence-corrected chi connectivity index (χ0v) is 6.34. The van der Waals surface area contributed by atoms with E-state index in [0.29, 0.717) is 6.04 Å². The van der Waals surface area contributed by atoms with Gasteiger partial charge in [0.15, 0.2) is 0 Å². The molecule has 0 unspecified atom stereocenters. The first kappa shape index (κ1) is 6.73. The molecule has 0 amide bonds. The van der Waals surface area contributed by atoms with Crippen LogP contribution in [0, 0.1) is 0 Å². The minimum atomic E-state index is 0.352. The summed E-state index contributed by atoms with van der Waals surface area (Å²) < 4.78 is 5.26. The molecule has 1 aliphatic heterocycles. The van der Waals surface area contributed by atoms with Crippen LogP contribution in [0.5, 0.6) is 0 Å². The summed E-state index contributed by atoms with van der Waals surface area (Å²) in [6.45, 7) is 1.07. The average Bonchev–Trinajstić information content (AvgIpc) is 2.55. The molecule has 2 rings (SSSR count). The summed E-state index contributed by atoms with van der Waals surface area (Å²) in [6.07, 6.45) is 3.99. The standard InChI is InChI=1S/C8H12N2O/c9-6-3-5-11-8(6)7-2-1-4-10-7/h3,5,7,10H,1-2,4,9H2/t7-/m1/s1. The second kappa shape index (κ2) is 2.58. The van der Waals surface area contributed by atoms with Crippen LogP contribution >= 0.6 is 0 Å². The Hall–Kier alpha value is -0.960. The van der Waals surface area contributed by atoms with Gasteiger partial charge in [-0.3, -0.25) is 0 Å². The van der Waals surface area contributed by atoms with Crippen molar-refractivity contribution in [1.82, 2.24) is 5.32 Å². The quantitative estimate of drug-likeness (QED) is 0.637. The summed E-state index contributed by atoms with van der Waals surface area (Å²) in [5.41, 5.74) is 6.45. The highest BCUT2D eigenvalue weighted by atomic mass is 16.3. The molecule has 60 valence electrons. The molecule has 1 aliphatic rings. The van der Waals surface area contributed by atoms with Crippen LogP contribution in [0.25, 0.3) is 0 Å². The summed E-state index contributed by atoms with van der Waals surface area (Å²) in [5, 5.41) is 3.33. The molecule has 0 aromatic carbocycles. The zero-order chi connectivity index (χ0) is 7.68. The van der Waals surface area contributed by atoms with E-state index in [9.17, 15) is 0 Å². The Bertz CT molecular complexity index is 238. The number of hydrogen-bond acceptors (Lipinski definition) is 3. The molecule has 0 bridgehead atoms.